The zero-order chi connectivity index (χ0) is 15.9. The second-order valence-corrected chi connectivity index (χ2v) is 6.32. The van der Waals surface area contributed by atoms with Crippen molar-refractivity contribution < 1.29 is 9.72 Å². The van der Waals surface area contributed by atoms with Gasteiger partial charge in [-0.2, -0.15) is 0 Å². The molecule has 8 nitrogen and oxygen atoms in total. The average molecular weight is 321 g/mol. The van der Waals surface area contributed by atoms with E-state index in [1.807, 2.05) is 0 Å². The maximum Gasteiger partial charge on any atom is 0.323 e. The summed E-state index contributed by atoms with van der Waals surface area (Å²) in [5.74, 6) is -0.541. The summed E-state index contributed by atoms with van der Waals surface area (Å²) < 4.78 is 1.25. The molecule has 0 unspecified atom stereocenters. The minimum atomic E-state index is -0.528. The fourth-order valence-corrected chi connectivity index (χ4v) is 3.62. The number of aromatic nitrogens is 2. The molecular weight excluding hydrogens is 306 g/mol. The van der Waals surface area contributed by atoms with Crippen LogP contribution < -0.4 is 11.1 Å². The van der Waals surface area contributed by atoms with Crippen molar-refractivity contribution in [1.82, 2.24) is 9.55 Å². The third-order valence-electron chi connectivity index (χ3n) is 3.71. The van der Waals surface area contributed by atoms with Gasteiger partial charge in [0.25, 0.3) is 5.91 Å². The summed E-state index contributed by atoms with van der Waals surface area (Å²) in [5.41, 5.74) is 7.13. The molecule has 116 valence electrons. The van der Waals surface area contributed by atoms with Crippen LogP contribution in [0.4, 0.5) is 10.9 Å². The van der Waals surface area contributed by atoms with Crippen LogP contribution in [-0.2, 0) is 19.9 Å². The zero-order valence-electron chi connectivity index (χ0n) is 11.9. The predicted octanol–water partition coefficient (Wildman–Crippen LogP) is 1.46. The van der Waals surface area contributed by atoms with Crippen molar-refractivity contribution >= 4 is 28.2 Å². The summed E-state index contributed by atoms with van der Waals surface area (Å²) in [6.45, 7) is 0. The predicted molar refractivity (Wildman–Crippen MR) is 82.1 cm³/mol. The summed E-state index contributed by atoms with van der Waals surface area (Å²) in [5, 5.41) is 14.0. The van der Waals surface area contributed by atoms with Crippen LogP contribution in [-0.4, -0.2) is 26.4 Å². The first kappa shape index (κ1) is 14.7. The quantitative estimate of drug-likeness (QED) is 0.655. The topological polar surface area (TPSA) is 116 Å². The molecule has 1 atom stereocenters. The van der Waals surface area contributed by atoms with Crippen LogP contribution in [0.5, 0.6) is 0 Å². The molecule has 0 radical (unpaired) electrons. The van der Waals surface area contributed by atoms with Crippen molar-refractivity contribution in [2.24, 2.45) is 12.8 Å². The smallest absolute Gasteiger partial charge is 0.323 e. The Kier molecular flexibility index (Phi) is 3.67. The van der Waals surface area contributed by atoms with E-state index in [4.69, 9.17) is 5.73 Å². The van der Waals surface area contributed by atoms with Crippen molar-refractivity contribution in [2.45, 2.75) is 25.3 Å². The number of nitro groups is 1. The van der Waals surface area contributed by atoms with E-state index in [-0.39, 0.29) is 17.6 Å². The molecule has 2 heterocycles. The van der Waals surface area contributed by atoms with Crippen LogP contribution in [0.1, 0.15) is 27.5 Å². The molecule has 9 heteroatoms. The van der Waals surface area contributed by atoms with Gasteiger partial charge < -0.3 is 15.8 Å². The number of nitrogens with zero attached hydrogens (tertiary/aromatic N) is 3. The van der Waals surface area contributed by atoms with Gasteiger partial charge in [-0.05, 0) is 30.3 Å². The lowest BCUT2D eigenvalue weighted by molar-refractivity contribution is -0.391. The van der Waals surface area contributed by atoms with Gasteiger partial charge in [0, 0.05) is 17.0 Å². The highest BCUT2D eigenvalue weighted by Crippen LogP contribution is 2.29. The third-order valence-corrected chi connectivity index (χ3v) is 4.75. The molecule has 0 aliphatic heterocycles. The summed E-state index contributed by atoms with van der Waals surface area (Å²) >= 11 is 1.41. The van der Waals surface area contributed by atoms with Crippen LogP contribution in [0.15, 0.2) is 12.1 Å². The summed E-state index contributed by atoms with van der Waals surface area (Å²) in [4.78, 5) is 28.0. The number of rotatable bonds is 3. The lowest BCUT2D eigenvalue weighted by atomic mass is 9.99. The van der Waals surface area contributed by atoms with Gasteiger partial charge in [-0.3, -0.25) is 10.1 Å². The molecule has 3 N–H and O–H groups in total. The molecule has 1 aliphatic carbocycles. The highest BCUT2D eigenvalue weighted by molar-refractivity contribution is 7.15. The Morgan fingerprint density at radius 2 is 2.36 bits per heavy atom. The molecule has 2 aromatic heterocycles. The molecule has 2 aromatic rings. The van der Waals surface area contributed by atoms with E-state index < -0.39 is 10.8 Å². The first-order valence-electron chi connectivity index (χ1n) is 6.81. The monoisotopic (exact) mass is 321 g/mol. The first-order valence-corrected chi connectivity index (χ1v) is 7.63. The Morgan fingerprint density at radius 1 is 1.59 bits per heavy atom. The van der Waals surface area contributed by atoms with E-state index in [0.29, 0.717) is 5.13 Å². The van der Waals surface area contributed by atoms with Crippen molar-refractivity contribution in [1.29, 1.82) is 0 Å². The number of amides is 1. The minimum absolute atomic E-state index is 0.130. The SMILES string of the molecule is Cn1c(C(=O)Nc2nc3c(s2)C[C@@H](N)CC3)ccc1[N+](=O)[O-]. The lowest BCUT2D eigenvalue weighted by Crippen LogP contribution is -2.27. The number of thiazole rings is 1. The van der Waals surface area contributed by atoms with Gasteiger partial charge in [0.05, 0.1) is 12.7 Å². The number of hydrogen-bond acceptors (Lipinski definition) is 6. The second-order valence-electron chi connectivity index (χ2n) is 5.24. The molecular formula is C13H15N5O3S. The number of hydrogen-bond donors (Lipinski definition) is 2. The van der Waals surface area contributed by atoms with Crippen molar-refractivity contribution in [3.8, 4) is 0 Å². The van der Waals surface area contributed by atoms with Crippen LogP contribution in [0.3, 0.4) is 0 Å². The van der Waals surface area contributed by atoms with Crippen LogP contribution >= 0.6 is 11.3 Å². The maximum atomic E-state index is 12.2. The Labute approximate surface area is 130 Å². The summed E-state index contributed by atoms with van der Waals surface area (Å²) in [6.07, 6.45) is 2.49. The zero-order valence-corrected chi connectivity index (χ0v) is 12.7. The van der Waals surface area contributed by atoms with Gasteiger partial charge in [-0.1, -0.05) is 0 Å². The summed E-state index contributed by atoms with van der Waals surface area (Å²) in [7, 11) is 1.49. The molecule has 0 saturated carbocycles. The standard InChI is InChI=1S/C13H15N5O3S/c1-17-9(4-5-11(17)18(20)21)12(19)16-13-15-8-3-2-7(14)6-10(8)22-13/h4-5,7H,2-3,6,14H2,1H3,(H,15,16,19)/t7-/m0/s1. The van der Waals surface area contributed by atoms with E-state index >= 15 is 0 Å². The molecule has 0 fully saturated rings. The molecule has 22 heavy (non-hydrogen) atoms. The molecule has 1 aliphatic rings. The Bertz CT molecular complexity index is 751. The maximum absolute atomic E-state index is 12.2. The average Bonchev–Trinajstić information content (AvgIpc) is 3.01. The van der Waals surface area contributed by atoms with Crippen molar-refractivity contribution in [3.05, 3.63) is 38.5 Å². The third kappa shape index (κ3) is 2.60. The van der Waals surface area contributed by atoms with E-state index in [2.05, 4.69) is 10.3 Å². The van der Waals surface area contributed by atoms with Crippen LogP contribution in [0, 0.1) is 10.1 Å². The van der Waals surface area contributed by atoms with Crippen LogP contribution in [0.2, 0.25) is 0 Å². The van der Waals surface area contributed by atoms with Gasteiger partial charge in [0.2, 0.25) is 0 Å². The minimum Gasteiger partial charge on any atom is -0.358 e. The highest BCUT2D eigenvalue weighted by atomic mass is 32.1. The summed E-state index contributed by atoms with van der Waals surface area (Å²) in [6, 6.07) is 2.88. The van der Waals surface area contributed by atoms with E-state index in [1.54, 1.807) is 0 Å². The fraction of sp³-hybridized carbons (Fsp3) is 0.385. The van der Waals surface area contributed by atoms with E-state index in [0.717, 1.165) is 29.8 Å². The molecule has 1 amide bonds. The number of carbonyl (C=O) groups is 1. The number of nitrogens with one attached hydrogen (secondary N) is 1. The number of nitrogens with two attached hydrogens (primary N) is 1. The molecule has 0 spiro atoms. The van der Waals surface area contributed by atoms with Gasteiger partial charge in [-0.15, -0.1) is 11.3 Å². The first-order chi connectivity index (χ1) is 10.5. The fourth-order valence-electron chi connectivity index (χ4n) is 2.53. The van der Waals surface area contributed by atoms with Crippen molar-refractivity contribution in [2.75, 3.05) is 5.32 Å². The molecule has 0 aromatic carbocycles. The van der Waals surface area contributed by atoms with E-state index in [1.165, 1.54) is 35.1 Å². The highest BCUT2D eigenvalue weighted by Gasteiger charge is 2.24. The molecule has 0 bridgehead atoms. The number of carbonyl (C=O) groups excluding carboxylic acids is 1. The van der Waals surface area contributed by atoms with Crippen LogP contribution in [0.25, 0.3) is 0 Å². The Morgan fingerprint density at radius 3 is 3.05 bits per heavy atom. The van der Waals surface area contributed by atoms with Gasteiger partial charge in [0.1, 0.15) is 0 Å². The van der Waals surface area contributed by atoms with E-state index in [9.17, 15) is 14.9 Å². The number of anilines is 1. The molecule has 0 saturated heterocycles. The van der Waals surface area contributed by atoms with Gasteiger partial charge >= 0.3 is 5.82 Å². The Balaban J connectivity index is 1.79. The largest absolute Gasteiger partial charge is 0.358 e. The number of fused-ring (bicyclic) bond motifs is 1. The number of aryl methyl sites for hydroxylation is 1. The normalized spacial score (nSPS) is 17.1. The van der Waals surface area contributed by atoms with Crippen molar-refractivity contribution in [3.63, 3.8) is 0 Å². The molecule has 3 rings (SSSR count). The lowest BCUT2D eigenvalue weighted by Gasteiger charge is -2.15. The second kappa shape index (κ2) is 5.50. The van der Waals surface area contributed by atoms with Gasteiger partial charge in [-0.25, -0.2) is 9.55 Å². The Hall–Kier alpha value is -2.26. The van der Waals surface area contributed by atoms with Gasteiger partial charge in [0.15, 0.2) is 10.8 Å².